The van der Waals surface area contributed by atoms with E-state index in [-0.39, 0.29) is 0 Å². The lowest BCUT2D eigenvalue weighted by molar-refractivity contribution is 0.242. The van der Waals surface area contributed by atoms with Gasteiger partial charge in [0.15, 0.2) is 0 Å². The Bertz CT molecular complexity index is 406. The van der Waals surface area contributed by atoms with Gasteiger partial charge in [-0.2, -0.15) is 0 Å². The number of anilines is 1. The molecule has 1 aliphatic heterocycles. The van der Waals surface area contributed by atoms with E-state index in [0.717, 1.165) is 45.0 Å². The van der Waals surface area contributed by atoms with Gasteiger partial charge < -0.3 is 15.0 Å². The van der Waals surface area contributed by atoms with Crippen LogP contribution in [0.15, 0.2) is 18.5 Å². The molecule has 1 aliphatic rings. The molecule has 112 valence electrons. The highest BCUT2D eigenvalue weighted by molar-refractivity contribution is 5.48. The number of hydrogen-bond donors (Lipinski definition) is 1. The van der Waals surface area contributed by atoms with Crippen molar-refractivity contribution in [3.8, 4) is 5.75 Å². The summed E-state index contributed by atoms with van der Waals surface area (Å²) in [5.41, 5.74) is 1.48. The maximum absolute atomic E-state index is 5.84. The van der Waals surface area contributed by atoms with Crippen LogP contribution in [0.25, 0.3) is 0 Å². The molecule has 0 aromatic carbocycles. The molecule has 0 radical (unpaired) electrons. The van der Waals surface area contributed by atoms with Crippen LogP contribution in [0, 0.1) is 5.41 Å². The second kappa shape index (κ2) is 6.93. The first-order valence-corrected chi connectivity index (χ1v) is 7.58. The van der Waals surface area contributed by atoms with Gasteiger partial charge in [0.1, 0.15) is 5.75 Å². The summed E-state index contributed by atoms with van der Waals surface area (Å²) >= 11 is 0. The predicted octanol–water partition coefficient (Wildman–Crippen LogP) is 2.70. The summed E-state index contributed by atoms with van der Waals surface area (Å²) < 4.78 is 5.84. The van der Waals surface area contributed by atoms with Crippen LogP contribution < -0.4 is 15.0 Å². The van der Waals surface area contributed by atoms with Crippen LogP contribution in [0.5, 0.6) is 5.75 Å². The summed E-state index contributed by atoms with van der Waals surface area (Å²) in [5.74, 6) is 0.879. The first-order chi connectivity index (χ1) is 9.54. The molecule has 0 saturated carbocycles. The number of ether oxygens (including phenoxy) is 1. The molecule has 1 saturated heterocycles. The summed E-state index contributed by atoms with van der Waals surface area (Å²) in [6, 6.07) is 2.11. The van der Waals surface area contributed by atoms with E-state index in [4.69, 9.17) is 4.74 Å². The third kappa shape index (κ3) is 5.00. The summed E-state index contributed by atoms with van der Waals surface area (Å²) in [6.45, 7) is 11.7. The average molecular weight is 277 g/mol. The van der Waals surface area contributed by atoms with Crippen LogP contribution in [-0.2, 0) is 0 Å². The Morgan fingerprint density at radius 3 is 2.90 bits per heavy atom. The van der Waals surface area contributed by atoms with Crippen molar-refractivity contribution in [3.05, 3.63) is 18.5 Å². The zero-order valence-electron chi connectivity index (χ0n) is 13.0. The first-order valence-electron chi connectivity index (χ1n) is 7.58. The average Bonchev–Trinajstić information content (AvgIpc) is 2.66. The highest BCUT2D eigenvalue weighted by Crippen LogP contribution is 2.22. The third-order valence-corrected chi connectivity index (χ3v) is 3.52. The van der Waals surface area contributed by atoms with Gasteiger partial charge in [-0.3, -0.25) is 4.98 Å². The smallest absolute Gasteiger partial charge is 0.139 e. The molecule has 0 atom stereocenters. The standard InChI is InChI=1S/C16H27N3O/c1-16(2,3)5-10-20-15-11-14(12-18-13-15)19-8-4-6-17-7-9-19/h11-13,17H,4-10H2,1-3H3. The van der Waals surface area contributed by atoms with Gasteiger partial charge in [0, 0.05) is 25.7 Å². The molecule has 20 heavy (non-hydrogen) atoms. The van der Waals surface area contributed by atoms with Crippen LogP contribution in [-0.4, -0.2) is 37.8 Å². The van der Waals surface area contributed by atoms with Crippen molar-refractivity contribution in [2.45, 2.75) is 33.6 Å². The summed E-state index contributed by atoms with van der Waals surface area (Å²) in [5, 5.41) is 3.42. The highest BCUT2D eigenvalue weighted by atomic mass is 16.5. The SMILES string of the molecule is CC(C)(C)CCOc1cncc(N2CCCNCC2)c1. The first kappa shape index (κ1) is 15.1. The fraction of sp³-hybridized carbons (Fsp3) is 0.688. The Morgan fingerprint density at radius 2 is 2.10 bits per heavy atom. The van der Waals surface area contributed by atoms with Crippen LogP contribution >= 0.6 is 0 Å². The maximum Gasteiger partial charge on any atom is 0.139 e. The molecule has 0 spiro atoms. The Labute approximate surface area is 122 Å². The van der Waals surface area contributed by atoms with Crippen molar-refractivity contribution >= 4 is 5.69 Å². The lowest BCUT2D eigenvalue weighted by Crippen LogP contribution is -2.27. The molecular weight excluding hydrogens is 250 g/mol. The van der Waals surface area contributed by atoms with Gasteiger partial charge in [0.25, 0.3) is 0 Å². The minimum atomic E-state index is 0.307. The topological polar surface area (TPSA) is 37.4 Å². The minimum absolute atomic E-state index is 0.307. The maximum atomic E-state index is 5.84. The molecule has 0 bridgehead atoms. The van der Waals surface area contributed by atoms with Crippen LogP contribution in [0.4, 0.5) is 5.69 Å². The largest absolute Gasteiger partial charge is 0.492 e. The van der Waals surface area contributed by atoms with E-state index in [0.29, 0.717) is 5.41 Å². The Morgan fingerprint density at radius 1 is 1.25 bits per heavy atom. The number of nitrogens with one attached hydrogen (secondary N) is 1. The minimum Gasteiger partial charge on any atom is -0.492 e. The van der Waals surface area contributed by atoms with Crippen molar-refractivity contribution in [1.29, 1.82) is 0 Å². The number of pyridine rings is 1. The van der Waals surface area contributed by atoms with Crippen molar-refractivity contribution in [3.63, 3.8) is 0 Å². The van der Waals surface area contributed by atoms with Crippen LogP contribution in [0.2, 0.25) is 0 Å². The Balaban J connectivity index is 1.93. The second-order valence-electron chi connectivity index (χ2n) is 6.63. The predicted molar refractivity (Wildman–Crippen MR) is 83.5 cm³/mol. The molecule has 1 aromatic rings. The molecule has 1 aromatic heterocycles. The monoisotopic (exact) mass is 277 g/mol. The molecule has 0 unspecified atom stereocenters. The fourth-order valence-corrected chi connectivity index (χ4v) is 2.24. The highest BCUT2D eigenvalue weighted by Gasteiger charge is 2.12. The number of rotatable bonds is 4. The quantitative estimate of drug-likeness (QED) is 0.918. The lowest BCUT2D eigenvalue weighted by Gasteiger charge is -2.22. The zero-order chi connectivity index (χ0) is 14.4. The molecule has 1 N–H and O–H groups in total. The van der Waals surface area contributed by atoms with E-state index in [1.807, 2.05) is 12.4 Å². The second-order valence-corrected chi connectivity index (χ2v) is 6.63. The molecule has 4 nitrogen and oxygen atoms in total. The number of aromatic nitrogens is 1. The molecule has 0 amide bonds. The van der Waals surface area contributed by atoms with Crippen molar-refractivity contribution < 1.29 is 4.74 Å². The molecular formula is C16H27N3O. The van der Waals surface area contributed by atoms with Gasteiger partial charge in [0.2, 0.25) is 0 Å². The Kier molecular flexibility index (Phi) is 5.24. The van der Waals surface area contributed by atoms with Gasteiger partial charge in [0.05, 0.1) is 24.7 Å². The van der Waals surface area contributed by atoms with Crippen molar-refractivity contribution in [2.24, 2.45) is 5.41 Å². The van der Waals surface area contributed by atoms with Gasteiger partial charge in [-0.1, -0.05) is 20.8 Å². The molecule has 2 rings (SSSR count). The van der Waals surface area contributed by atoms with E-state index in [1.165, 1.54) is 12.1 Å². The van der Waals surface area contributed by atoms with E-state index >= 15 is 0 Å². The fourth-order valence-electron chi connectivity index (χ4n) is 2.24. The van der Waals surface area contributed by atoms with E-state index in [1.54, 1.807) is 0 Å². The summed E-state index contributed by atoms with van der Waals surface area (Å²) in [6.07, 6.45) is 5.96. The summed E-state index contributed by atoms with van der Waals surface area (Å²) in [7, 11) is 0. The van der Waals surface area contributed by atoms with Crippen molar-refractivity contribution in [1.82, 2.24) is 10.3 Å². The zero-order valence-corrected chi connectivity index (χ0v) is 13.0. The van der Waals surface area contributed by atoms with E-state index in [9.17, 15) is 0 Å². The number of hydrogen-bond acceptors (Lipinski definition) is 4. The van der Waals surface area contributed by atoms with E-state index < -0.39 is 0 Å². The molecule has 2 heterocycles. The normalized spacial score (nSPS) is 16.9. The van der Waals surface area contributed by atoms with Gasteiger partial charge in [-0.05, 0) is 24.8 Å². The van der Waals surface area contributed by atoms with Crippen LogP contribution in [0.1, 0.15) is 33.6 Å². The Hall–Kier alpha value is -1.29. The van der Waals surface area contributed by atoms with Gasteiger partial charge in [-0.15, -0.1) is 0 Å². The summed E-state index contributed by atoms with van der Waals surface area (Å²) in [4.78, 5) is 6.70. The molecule has 4 heteroatoms. The molecule has 1 fully saturated rings. The third-order valence-electron chi connectivity index (χ3n) is 3.52. The van der Waals surface area contributed by atoms with Gasteiger partial charge in [-0.25, -0.2) is 0 Å². The lowest BCUT2D eigenvalue weighted by atomic mass is 9.93. The van der Waals surface area contributed by atoms with Crippen molar-refractivity contribution in [2.75, 3.05) is 37.7 Å². The van der Waals surface area contributed by atoms with E-state index in [2.05, 4.69) is 42.0 Å². The number of nitrogens with zero attached hydrogens (tertiary/aromatic N) is 2. The van der Waals surface area contributed by atoms with Gasteiger partial charge >= 0.3 is 0 Å². The van der Waals surface area contributed by atoms with Crippen LogP contribution in [0.3, 0.4) is 0 Å². The molecule has 0 aliphatic carbocycles.